The number of carbonyl (C=O) groups is 3. The molecular formula is C19H15ClF2N2O3. The van der Waals surface area contributed by atoms with Crippen LogP contribution in [0.3, 0.4) is 0 Å². The van der Waals surface area contributed by atoms with Gasteiger partial charge in [-0.1, -0.05) is 30.7 Å². The fraction of sp³-hybridized carbons (Fsp3) is 0.211. The Morgan fingerprint density at radius 3 is 2.44 bits per heavy atom. The summed E-state index contributed by atoms with van der Waals surface area (Å²) in [5.41, 5.74) is -1.35. The average Bonchev–Trinajstić information content (AvgIpc) is 2.89. The van der Waals surface area contributed by atoms with Crippen LogP contribution in [0.1, 0.15) is 29.3 Å². The highest BCUT2D eigenvalue weighted by molar-refractivity contribution is 6.30. The lowest BCUT2D eigenvalue weighted by molar-refractivity contribution is -0.131. The number of nitrogens with zero attached hydrogens (tertiary/aromatic N) is 1. The SMILES string of the molecule is CC[C@]1(c2ccc(Cl)cc2)NC(=O)N(CC(=O)c2cc(F)ccc2F)C1=O. The molecule has 27 heavy (non-hydrogen) atoms. The number of carbonyl (C=O) groups excluding carboxylic acids is 3. The summed E-state index contributed by atoms with van der Waals surface area (Å²) in [4.78, 5) is 38.4. The summed E-state index contributed by atoms with van der Waals surface area (Å²) < 4.78 is 27.1. The van der Waals surface area contributed by atoms with Crippen molar-refractivity contribution in [1.29, 1.82) is 0 Å². The number of hydrogen-bond donors (Lipinski definition) is 1. The van der Waals surface area contributed by atoms with Crippen LogP contribution in [0, 0.1) is 11.6 Å². The maximum atomic E-state index is 13.8. The summed E-state index contributed by atoms with van der Waals surface area (Å²) in [6.45, 7) is 1.02. The molecular weight excluding hydrogens is 378 g/mol. The van der Waals surface area contributed by atoms with Crippen LogP contribution in [0.2, 0.25) is 5.02 Å². The van der Waals surface area contributed by atoms with Gasteiger partial charge in [-0.3, -0.25) is 14.5 Å². The Bertz CT molecular complexity index is 933. The minimum atomic E-state index is -1.34. The topological polar surface area (TPSA) is 66.5 Å². The van der Waals surface area contributed by atoms with Gasteiger partial charge in [-0.15, -0.1) is 0 Å². The molecule has 1 saturated heterocycles. The van der Waals surface area contributed by atoms with Crippen LogP contribution in [0.25, 0.3) is 0 Å². The van der Waals surface area contributed by atoms with Crippen molar-refractivity contribution < 1.29 is 23.2 Å². The number of imide groups is 1. The van der Waals surface area contributed by atoms with Gasteiger partial charge in [-0.25, -0.2) is 13.6 Å². The van der Waals surface area contributed by atoms with Gasteiger partial charge in [0.25, 0.3) is 5.91 Å². The minimum absolute atomic E-state index is 0.234. The predicted molar refractivity (Wildman–Crippen MR) is 94.4 cm³/mol. The van der Waals surface area contributed by atoms with E-state index in [2.05, 4.69) is 5.32 Å². The van der Waals surface area contributed by atoms with Crippen molar-refractivity contribution >= 4 is 29.3 Å². The van der Waals surface area contributed by atoms with Gasteiger partial charge in [-0.2, -0.15) is 0 Å². The molecule has 1 heterocycles. The monoisotopic (exact) mass is 392 g/mol. The number of hydrogen-bond acceptors (Lipinski definition) is 3. The molecule has 0 aromatic heterocycles. The van der Waals surface area contributed by atoms with Gasteiger partial charge in [0.2, 0.25) is 0 Å². The number of halogens is 3. The minimum Gasteiger partial charge on any atom is -0.319 e. The van der Waals surface area contributed by atoms with Crippen LogP contribution in [0.15, 0.2) is 42.5 Å². The molecule has 0 saturated carbocycles. The van der Waals surface area contributed by atoms with Gasteiger partial charge >= 0.3 is 6.03 Å². The second kappa shape index (κ2) is 7.08. The summed E-state index contributed by atoms with van der Waals surface area (Å²) in [6, 6.07) is 8.06. The third-order valence-electron chi connectivity index (χ3n) is 4.57. The number of ketones is 1. The van der Waals surface area contributed by atoms with E-state index in [0.717, 1.165) is 18.2 Å². The number of amides is 3. The third-order valence-corrected chi connectivity index (χ3v) is 4.83. The summed E-state index contributed by atoms with van der Waals surface area (Å²) in [7, 11) is 0. The van der Waals surface area contributed by atoms with Crippen molar-refractivity contribution in [3.05, 3.63) is 70.2 Å². The van der Waals surface area contributed by atoms with Crippen molar-refractivity contribution in [2.24, 2.45) is 0 Å². The van der Waals surface area contributed by atoms with Crippen LogP contribution in [-0.4, -0.2) is 29.2 Å². The van der Waals surface area contributed by atoms with Crippen LogP contribution in [-0.2, 0) is 10.3 Å². The fourth-order valence-corrected chi connectivity index (χ4v) is 3.21. The van der Waals surface area contributed by atoms with E-state index in [0.29, 0.717) is 15.5 Å². The Labute approximate surface area is 158 Å². The Hall–Kier alpha value is -2.80. The number of rotatable bonds is 5. The van der Waals surface area contributed by atoms with Crippen LogP contribution in [0.5, 0.6) is 0 Å². The maximum Gasteiger partial charge on any atom is 0.325 e. The number of benzene rings is 2. The van der Waals surface area contributed by atoms with E-state index in [1.165, 1.54) is 0 Å². The first kappa shape index (κ1) is 19.0. The lowest BCUT2D eigenvalue weighted by atomic mass is 9.87. The van der Waals surface area contributed by atoms with Crippen molar-refractivity contribution in [2.75, 3.05) is 6.54 Å². The van der Waals surface area contributed by atoms with Gasteiger partial charge in [0, 0.05) is 5.02 Å². The molecule has 5 nitrogen and oxygen atoms in total. The third kappa shape index (κ3) is 3.30. The van der Waals surface area contributed by atoms with E-state index in [4.69, 9.17) is 11.6 Å². The van der Waals surface area contributed by atoms with Crippen molar-refractivity contribution in [3.8, 4) is 0 Å². The maximum absolute atomic E-state index is 13.8. The van der Waals surface area contributed by atoms with E-state index < -0.39 is 47.0 Å². The normalized spacial score (nSPS) is 19.3. The van der Waals surface area contributed by atoms with Gasteiger partial charge < -0.3 is 5.32 Å². The molecule has 0 radical (unpaired) electrons. The molecule has 0 unspecified atom stereocenters. The second-order valence-electron chi connectivity index (χ2n) is 6.13. The Balaban J connectivity index is 1.90. The smallest absolute Gasteiger partial charge is 0.319 e. The molecule has 1 aliphatic heterocycles. The van der Waals surface area contributed by atoms with Crippen molar-refractivity contribution in [1.82, 2.24) is 10.2 Å². The van der Waals surface area contributed by atoms with E-state index in [1.807, 2.05) is 0 Å². The first-order valence-electron chi connectivity index (χ1n) is 8.17. The van der Waals surface area contributed by atoms with Crippen molar-refractivity contribution in [3.63, 3.8) is 0 Å². The summed E-state index contributed by atoms with van der Waals surface area (Å²) in [5.74, 6) is -3.23. The largest absolute Gasteiger partial charge is 0.325 e. The van der Waals surface area contributed by atoms with E-state index in [1.54, 1.807) is 31.2 Å². The molecule has 3 rings (SSSR count). The van der Waals surface area contributed by atoms with Gasteiger partial charge in [0.15, 0.2) is 5.78 Å². The van der Waals surface area contributed by atoms with Gasteiger partial charge in [0.05, 0.1) is 12.1 Å². The molecule has 8 heteroatoms. The number of urea groups is 1. The van der Waals surface area contributed by atoms with Gasteiger partial charge in [-0.05, 0) is 42.3 Å². The predicted octanol–water partition coefficient (Wildman–Crippen LogP) is 3.66. The van der Waals surface area contributed by atoms with Crippen LogP contribution >= 0.6 is 11.6 Å². The zero-order chi connectivity index (χ0) is 19.8. The first-order chi connectivity index (χ1) is 12.8. The van der Waals surface area contributed by atoms with Crippen molar-refractivity contribution in [2.45, 2.75) is 18.9 Å². The molecule has 0 aliphatic carbocycles. The molecule has 0 spiro atoms. The first-order valence-corrected chi connectivity index (χ1v) is 8.54. The standard InChI is InChI=1S/C19H15ClF2N2O3/c1-2-19(11-3-5-12(20)6-4-11)17(26)24(18(27)23-19)10-16(25)14-9-13(21)7-8-15(14)22/h3-9H,2,10H2,1H3,(H,23,27)/t19-/m1/s1. The van der Waals surface area contributed by atoms with Crippen LogP contribution < -0.4 is 5.32 Å². The molecule has 1 aliphatic rings. The Morgan fingerprint density at radius 2 is 1.81 bits per heavy atom. The molecule has 0 bridgehead atoms. The summed E-state index contributed by atoms with van der Waals surface area (Å²) in [6.07, 6.45) is 0.234. The highest BCUT2D eigenvalue weighted by atomic mass is 35.5. The lowest BCUT2D eigenvalue weighted by Gasteiger charge is -2.25. The zero-order valence-electron chi connectivity index (χ0n) is 14.3. The molecule has 3 amide bonds. The van der Waals surface area contributed by atoms with E-state index in [9.17, 15) is 23.2 Å². The molecule has 2 aromatic carbocycles. The molecule has 2 aromatic rings. The number of Topliss-reactive ketones (excluding diaryl/α,β-unsaturated/α-hetero) is 1. The Morgan fingerprint density at radius 1 is 1.15 bits per heavy atom. The average molecular weight is 393 g/mol. The Kier molecular flexibility index (Phi) is 4.97. The van der Waals surface area contributed by atoms with Crippen LogP contribution in [0.4, 0.5) is 13.6 Å². The van der Waals surface area contributed by atoms with Gasteiger partial charge in [0.1, 0.15) is 17.2 Å². The lowest BCUT2D eigenvalue weighted by Crippen LogP contribution is -2.43. The molecule has 1 atom stereocenters. The fourth-order valence-electron chi connectivity index (χ4n) is 3.08. The second-order valence-corrected chi connectivity index (χ2v) is 6.57. The molecule has 140 valence electrons. The number of nitrogens with one attached hydrogen (secondary N) is 1. The van der Waals surface area contributed by atoms with E-state index >= 15 is 0 Å². The summed E-state index contributed by atoms with van der Waals surface area (Å²) in [5, 5.41) is 3.08. The zero-order valence-corrected chi connectivity index (χ0v) is 15.0. The van der Waals surface area contributed by atoms with E-state index in [-0.39, 0.29) is 6.42 Å². The molecule has 1 N–H and O–H groups in total. The summed E-state index contributed by atoms with van der Waals surface area (Å²) >= 11 is 5.87. The molecule has 1 fully saturated rings. The highest BCUT2D eigenvalue weighted by Gasteiger charge is 2.51. The quantitative estimate of drug-likeness (QED) is 0.623. The highest BCUT2D eigenvalue weighted by Crippen LogP contribution is 2.33.